The molecular formula is C20H28N4O4S. The van der Waals surface area contributed by atoms with Gasteiger partial charge in [-0.25, -0.2) is 8.42 Å². The van der Waals surface area contributed by atoms with Crippen molar-refractivity contribution in [2.24, 2.45) is 0 Å². The first kappa shape index (κ1) is 21.3. The molecule has 0 unspecified atom stereocenters. The number of aromatic nitrogens is 2. The molecule has 1 aliphatic heterocycles. The number of nitrogens with zero attached hydrogens (tertiary/aromatic N) is 3. The molecule has 1 aromatic carbocycles. The fourth-order valence-corrected chi connectivity index (χ4v) is 5.58. The SMILES string of the molecule is COc1ccc(C)cc1NC(=O)Cn1nc(C)c(S(=O)(=O)N2CCCCC2)c1C. The van der Waals surface area contributed by atoms with E-state index in [4.69, 9.17) is 4.74 Å². The molecule has 158 valence electrons. The van der Waals surface area contributed by atoms with Crippen LogP contribution in [-0.4, -0.2) is 48.6 Å². The lowest BCUT2D eigenvalue weighted by atomic mass is 10.2. The first-order valence-corrected chi connectivity index (χ1v) is 11.2. The van der Waals surface area contributed by atoms with E-state index in [-0.39, 0.29) is 17.3 Å². The molecule has 0 spiro atoms. The molecule has 29 heavy (non-hydrogen) atoms. The standard InChI is InChI=1S/C20H28N4O4S/c1-14-8-9-18(28-4)17(12-14)21-19(25)13-24-16(3)20(15(2)22-24)29(26,27)23-10-6-5-7-11-23/h8-9,12H,5-7,10-11,13H2,1-4H3,(H,21,25). The van der Waals surface area contributed by atoms with Crippen LogP contribution < -0.4 is 10.1 Å². The Morgan fingerprint density at radius 3 is 2.52 bits per heavy atom. The number of methoxy groups -OCH3 is 1. The predicted octanol–water partition coefficient (Wildman–Crippen LogP) is 2.63. The van der Waals surface area contributed by atoms with Gasteiger partial charge < -0.3 is 10.1 Å². The van der Waals surface area contributed by atoms with Gasteiger partial charge >= 0.3 is 0 Å². The average Bonchev–Trinajstić information content (AvgIpc) is 2.96. The number of ether oxygens (including phenoxy) is 1. The molecule has 0 saturated carbocycles. The summed E-state index contributed by atoms with van der Waals surface area (Å²) < 4.78 is 34.5. The maximum Gasteiger partial charge on any atom is 0.246 e. The van der Waals surface area contributed by atoms with Crippen LogP contribution in [0.15, 0.2) is 23.1 Å². The Bertz CT molecular complexity index is 1010. The number of amides is 1. The second kappa shape index (κ2) is 8.54. The fourth-order valence-electron chi connectivity index (χ4n) is 3.69. The number of piperidine rings is 1. The van der Waals surface area contributed by atoms with Crippen molar-refractivity contribution < 1.29 is 17.9 Å². The number of rotatable bonds is 6. The van der Waals surface area contributed by atoms with Crippen molar-refractivity contribution in [2.45, 2.75) is 51.5 Å². The van der Waals surface area contributed by atoms with Crippen molar-refractivity contribution >= 4 is 21.6 Å². The summed E-state index contributed by atoms with van der Waals surface area (Å²) in [6.45, 7) is 6.26. The van der Waals surface area contributed by atoms with Crippen molar-refractivity contribution in [2.75, 3.05) is 25.5 Å². The van der Waals surface area contributed by atoms with Crippen molar-refractivity contribution in [3.63, 3.8) is 0 Å². The van der Waals surface area contributed by atoms with Gasteiger partial charge in [0.1, 0.15) is 17.2 Å². The highest BCUT2D eigenvalue weighted by Gasteiger charge is 2.32. The van der Waals surface area contributed by atoms with Gasteiger partial charge in [-0.2, -0.15) is 9.40 Å². The van der Waals surface area contributed by atoms with Crippen LogP contribution in [0.5, 0.6) is 5.75 Å². The summed E-state index contributed by atoms with van der Waals surface area (Å²) in [6.07, 6.45) is 2.78. The van der Waals surface area contributed by atoms with Gasteiger partial charge in [0, 0.05) is 13.1 Å². The van der Waals surface area contributed by atoms with Gasteiger partial charge in [0.2, 0.25) is 15.9 Å². The van der Waals surface area contributed by atoms with Crippen LogP contribution in [0, 0.1) is 20.8 Å². The normalized spacial score (nSPS) is 15.3. The molecule has 1 aliphatic rings. The molecule has 0 aliphatic carbocycles. The van der Waals surface area contributed by atoms with E-state index in [1.54, 1.807) is 27.0 Å². The monoisotopic (exact) mass is 420 g/mol. The Morgan fingerprint density at radius 2 is 1.86 bits per heavy atom. The third-order valence-electron chi connectivity index (χ3n) is 5.15. The van der Waals surface area contributed by atoms with Crippen molar-refractivity contribution in [3.8, 4) is 5.75 Å². The minimum Gasteiger partial charge on any atom is -0.495 e. The summed E-state index contributed by atoms with van der Waals surface area (Å²) in [5.74, 6) is 0.257. The number of aryl methyl sites for hydroxylation is 2. The average molecular weight is 421 g/mol. The van der Waals surface area contributed by atoms with E-state index in [1.165, 1.54) is 8.99 Å². The van der Waals surface area contributed by atoms with E-state index in [0.29, 0.717) is 35.9 Å². The van der Waals surface area contributed by atoms with Gasteiger partial charge in [0.05, 0.1) is 24.2 Å². The highest BCUT2D eigenvalue weighted by Crippen LogP contribution is 2.27. The summed E-state index contributed by atoms with van der Waals surface area (Å²) in [5.41, 5.74) is 2.44. The van der Waals surface area contributed by atoms with E-state index >= 15 is 0 Å². The molecule has 0 radical (unpaired) electrons. The van der Waals surface area contributed by atoms with E-state index in [1.807, 2.05) is 19.1 Å². The van der Waals surface area contributed by atoms with E-state index < -0.39 is 10.0 Å². The van der Waals surface area contributed by atoms with Crippen molar-refractivity contribution in [3.05, 3.63) is 35.2 Å². The first-order valence-electron chi connectivity index (χ1n) is 9.72. The number of benzene rings is 1. The maximum absolute atomic E-state index is 13.1. The third-order valence-corrected chi connectivity index (χ3v) is 7.30. The summed E-state index contributed by atoms with van der Waals surface area (Å²) in [4.78, 5) is 12.8. The van der Waals surface area contributed by atoms with E-state index in [0.717, 1.165) is 24.8 Å². The van der Waals surface area contributed by atoms with Crippen molar-refractivity contribution in [1.82, 2.24) is 14.1 Å². The Balaban J connectivity index is 1.82. The van der Waals surface area contributed by atoms with Gasteiger partial charge in [0.15, 0.2) is 0 Å². The predicted molar refractivity (Wildman–Crippen MR) is 111 cm³/mol. The summed E-state index contributed by atoms with van der Waals surface area (Å²) in [6, 6.07) is 5.51. The lowest BCUT2D eigenvalue weighted by molar-refractivity contribution is -0.117. The Labute approximate surface area is 171 Å². The van der Waals surface area contributed by atoms with Gasteiger partial charge in [-0.1, -0.05) is 12.5 Å². The molecule has 2 heterocycles. The lowest BCUT2D eigenvalue weighted by Gasteiger charge is -2.25. The molecule has 1 fully saturated rings. The summed E-state index contributed by atoms with van der Waals surface area (Å²) in [7, 11) is -2.07. The Kier molecular flexibility index (Phi) is 6.28. The molecule has 1 amide bonds. The molecule has 0 bridgehead atoms. The zero-order valence-electron chi connectivity index (χ0n) is 17.4. The number of nitrogens with one attached hydrogen (secondary N) is 1. The van der Waals surface area contributed by atoms with Crippen LogP contribution in [0.1, 0.15) is 36.2 Å². The van der Waals surface area contributed by atoms with Crippen LogP contribution in [0.3, 0.4) is 0 Å². The Morgan fingerprint density at radius 1 is 1.17 bits per heavy atom. The van der Waals surface area contributed by atoms with Gasteiger partial charge in [-0.15, -0.1) is 0 Å². The molecule has 8 nitrogen and oxygen atoms in total. The second-order valence-electron chi connectivity index (χ2n) is 7.37. The van der Waals surface area contributed by atoms with Crippen LogP contribution in [0.25, 0.3) is 0 Å². The highest BCUT2D eigenvalue weighted by atomic mass is 32.2. The van der Waals surface area contributed by atoms with Gasteiger partial charge in [-0.05, 0) is 51.3 Å². The number of anilines is 1. The number of hydrogen-bond donors (Lipinski definition) is 1. The van der Waals surface area contributed by atoms with Crippen LogP contribution in [-0.2, 0) is 21.4 Å². The second-order valence-corrected chi connectivity index (χ2v) is 9.25. The van der Waals surface area contributed by atoms with Crippen molar-refractivity contribution in [1.29, 1.82) is 0 Å². The molecule has 0 atom stereocenters. The van der Waals surface area contributed by atoms with E-state index in [9.17, 15) is 13.2 Å². The topological polar surface area (TPSA) is 93.5 Å². The number of sulfonamides is 1. The fraction of sp³-hybridized carbons (Fsp3) is 0.500. The number of carbonyl (C=O) groups excluding carboxylic acids is 1. The summed E-state index contributed by atoms with van der Waals surface area (Å²) >= 11 is 0. The Hall–Kier alpha value is -2.39. The molecule has 1 aromatic heterocycles. The number of hydrogen-bond acceptors (Lipinski definition) is 5. The molecule has 1 saturated heterocycles. The highest BCUT2D eigenvalue weighted by molar-refractivity contribution is 7.89. The quantitative estimate of drug-likeness (QED) is 0.775. The molecular weight excluding hydrogens is 392 g/mol. The molecule has 9 heteroatoms. The third kappa shape index (κ3) is 4.45. The zero-order valence-corrected chi connectivity index (χ0v) is 18.2. The van der Waals surface area contributed by atoms with Crippen LogP contribution in [0.2, 0.25) is 0 Å². The first-order chi connectivity index (χ1) is 13.7. The maximum atomic E-state index is 13.1. The lowest BCUT2D eigenvalue weighted by Crippen LogP contribution is -2.36. The van der Waals surface area contributed by atoms with Gasteiger partial charge in [-0.3, -0.25) is 9.48 Å². The zero-order chi connectivity index (χ0) is 21.2. The van der Waals surface area contributed by atoms with E-state index in [2.05, 4.69) is 10.4 Å². The smallest absolute Gasteiger partial charge is 0.246 e. The largest absolute Gasteiger partial charge is 0.495 e. The minimum atomic E-state index is -3.62. The van der Waals surface area contributed by atoms with Crippen LogP contribution in [0.4, 0.5) is 5.69 Å². The van der Waals surface area contributed by atoms with Gasteiger partial charge in [0.25, 0.3) is 0 Å². The number of carbonyl (C=O) groups is 1. The molecule has 2 aromatic rings. The molecule has 3 rings (SSSR count). The minimum absolute atomic E-state index is 0.0840. The summed E-state index contributed by atoms with van der Waals surface area (Å²) in [5, 5.41) is 7.16. The molecule has 1 N–H and O–H groups in total. The van der Waals surface area contributed by atoms with Crippen LogP contribution >= 0.6 is 0 Å².